The van der Waals surface area contributed by atoms with Crippen LogP contribution < -0.4 is 5.32 Å². The summed E-state index contributed by atoms with van der Waals surface area (Å²) in [5.41, 5.74) is 1.11. The molecular weight excluding hydrogens is 349 g/mol. The van der Waals surface area contributed by atoms with Gasteiger partial charge in [-0.05, 0) is 49.3 Å². The lowest BCUT2D eigenvalue weighted by Crippen LogP contribution is -2.12. The summed E-state index contributed by atoms with van der Waals surface area (Å²) < 4.78 is 1.16. The highest BCUT2D eigenvalue weighted by Gasteiger charge is 2.18. The fraction of sp³-hybridized carbons (Fsp3) is 0.733. The highest BCUT2D eigenvalue weighted by molar-refractivity contribution is 14.1. The highest BCUT2D eigenvalue weighted by Crippen LogP contribution is 2.30. The molecule has 0 aliphatic heterocycles. The van der Waals surface area contributed by atoms with Crippen molar-refractivity contribution in [1.29, 1.82) is 0 Å². The van der Waals surface area contributed by atoms with E-state index in [1.54, 1.807) is 0 Å². The second-order valence-electron chi connectivity index (χ2n) is 5.40. The van der Waals surface area contributed by atoms with Crippen molar-refractivity contribution in [2.24, 2.45) is 0 Å². The number of anilines is 1. The van der Waals surface area contributed by atoms with Gasteiger partial charge in [0.2, 0.25) is 0 Å². The lowest BCUT2D eigenvalue weighted by molar-refractivity contribution is 0.442. The van der Waals surface area contributed by atoms with Crippen LogP contribution in [-0.4, -0.2) is 16.5 Å². The van der Waals surface area contributed by atoms with Gasteiger partial charge in [-0.15, -0.1) is 0 Å². The predicted octanol–water partition coefficient (Wildman–Crippen LogP) is 4.65. The van der Waals surface area contributed by atoms with E-state index < -0.39 is 0 Å². The second-order valence-corrected chi connectivity index (χ2v) is 6.48. The average Bonchev–Trinajstić information content (AvgIpc) is 2.34. The van der Waals surface area contributed by atoms with Gasteiger partial charge in [0.15, 0.2) is 0 Å². The van der Waals surface area contributed by atoms with E-state index in [0.29, 0.717) is 5.92 Å². The van der Waals surface area contributed by atoms with Crippen LogP contribution in [0.2, 0.25) is 0 Å². The molecule has 1 aromatic heterocycles. The standard InChI is InChI=1S/C15H24IN3/c1-3-17-15-13(16)11(2)18-14(19-15)12-9-7-5-4-6-8-10-12/h12H,3-10H2,1-2H3,(H,17,18,19). The van der Waals surface area contributed by atoms with E-state index in [4.69, 9.17) is 9.97 Å². The average molecular weight is 373 g/mol. The molecule has 0 aromatic carbocycles. The van der Waals surface area contributed by atoms with E-state index in [1.807, 2.05) is 0 Å². The van der Waals surface area contributed by atoms with E-state index in [0.717, 1.165) is 27.5 Å². The number of nitrogens with zero attached hydrogens (tertiary/aromatic N) is 2. The van der Waals surface area contributed by atoms with E-state index in [-0.39, 0.29) is 0 Å². The molecule has 1 aromatic rings. The maximum absolute atomic E-state index is 4.79. The summed E-state index contributed by atoms with van der Waals surface area (Å²) in [7, 11) is 0. The zero-order chi connectivity index (χ0) is 13.7. The van der Waals surface area contributed by atoms with E-state index in [9.17, 15) is 0 Å². The lowest BCUT2D eigenvalue weighted by Gasteiger charge is -2.20. The highest BCUT2D eigenvalue weighted by atomic mass is 127. The molecule has 0 unspecified atom stereocenters. The SMILES string of the molecule is CCNc1nc(C2CCCCCCC2)nc(C)c1I. The van der Waals surface area contributed by atoms with Gasteiger partial charge in [0.25, 0.3) is 0 Å². The molecule has 0 bridgehead atoms. The summed E-state index contributed by atoms with van der Waals surface area (Å²) in [5, 5.41) is 3.37. The van der Waals surface area contributed by atoms with Gasteiger partial charge in [-0.3, -0.25) is 0 Å². The monoisotopic (exact) mass is 373 g/mol. The third-order valence-electron chi connectivity index (χ3n) is 3.85. The number of aryl methyl sites for hydroxylation is 1. The molecule has 0 amide bonds. The summed E-state index contributed by atoms with van der Waals surface area (Å²) in [6.07, 6.45) is 9.32. The van der Waals surface area contributed by atoms with Gasteiger partial charge in [-0.1, -0.05) is 32.1 Å². The lowest BCUT2D eigenvalue weighted by atomic mass is 9.90. The molecule has 1 aliphatic carbocycles. The molecule has 0 radical (unpaired) electrons. The van der Waals surface area contributed by atoms with Crippen molar-refractivity contribution in [1.82, 2.24) is 9.97 Å². The number of nitrogens with one attached hydrogen (secondary N) is 1. The van der Waals surface area contributed by atoms with Crippen molar-refractivity contribution < 1.29 is 0 Å². The first-order valence-electron chi connectivity index (χ1n) is 7.50. The maximum Gasteiger partial charge on any atom is 0.143 e. The van der Waals surface area contributed by atoms with Crippen LogP contribution in [-0.2, 0) is 0 Å². The topological polar surface area (TPSA) is 37.8 Å². The van der Waals surface area contributed by atoms with Crippen LogP contribution in [0.25, 0.3) is 0 Å². The van der Waals surface area contributed by atoms with Crippen molar-refractivity contribution in [2.75, 3.05) is 11.9 Å². The van der Waals surface area contributed by atoms with E-state index >= 15 is 0 Å². The molecule has 1 heterocycles. The zero-order valence-corrected chi connectivity index (χ0v) is 14.2. The molecular formula is C15H24IN3. The van der Waals surface area contributed by atoms with Crippen LogP contribution in [0.5, 0.6) is 0 Å². The molecule has 0 atom stereocenters. The quantitative estimate of drug-likeness (QED) is 0.784. The number of halogens is 1. The van der Waals surface area contributed by atoms with Crippen LogP contribution in [0, 0.1) is 10.5 Å². The summed E-state index contributed by atoms with van der Waals surface area (Å²) in [6, 6.07) is 0. The fourth-order valence-corrected chi connectivity index (χ4v) is 3.19. The van der Waals surface area contributed by atoms with Crippen molar-refractivity contribution in [2.45, 2.75) is 64.7 Å². The Morgan fingerprint density at radius 2 is 1.74 bits per heavy atom. The van der Waals surface area contributed by atoms with Gasteiger partial charge in [-0.25, -0.2) is 9.97 Å². The predicted molar refractivity (Wildman–Crippen MR) is 88.7 cm³/mol. The van der Waals surface area contributed by atoms with Crippen molar-refractivity contribution in [3.05, 3.63) is 15.1 Å². The van der Waals surface area contributed by atoms with Gasteiger partial charge < -0.3 is 5.32 Å². The molecule has 1 aliphatic rings. The molecule has 3 nitrogen and oxygen atoms in total. The molecule has 0 spiro atoms. The van der Waals surface area contributed by atoms with Gasteiger partial charge in [0, 0.05) is 12.5 Å². The largest absolute Gasteiger partial charge is 0.369 e. The van der Waals surface area contributed by atoms with Crippen LogP contribution in [0.3, 0.4) is 0 Å². The normalized spacial score (nSPS) is 17.8. The van der Waals surface area contributed by atoms with Crippen LogP contribution in [0.1, 0.15) is 69.3 Å². The fourth-order valence-electron chi connectivity index (χ4n) is 2.76. The number of rotatable bonds is 3. The van der Waals surface area contributed by atoms with E-state index in [2.05, 4.69) is 41.8 Å². The summed E-state index contributed by atoms with van der Waals surface area (Å²) in [4.78, 5) is 9.54. The Morgan fingerprint density at radius 1 is 1.11 bits per heavy atom. The van der Waals surface area contributed by atoms with Crippen molar-refractivity contribution in [3.63, 3.8) is 0 Å². The van der Waals surface area contributed by atoms with Crippen molar-refractivity contribution >= 4 is 28.4 Å². The van der Waals surface area contributed by atoms with Crippen LogP contribution >= 0.6 is 22.6 Å². The van der Waals surface area contributed by atoms with Gasteiger partial charge in [0.05, 0.1) is 9.26 Å². The number of hydrogen-bond donors (Lipinski definition) is 1. The summed E-state index contributed by atoms with van der Waals surface area (Å²) in [6.45, 7) is 5.12. The minimum atomic E-state index is 0.563. The third-order valence-corrected chi connectivity index (χ3v) is 5.14. The third kappa shape index (κ3) is 4.04. The Morgan fingerprint density at radius 3 is 2.37 bits per heavy atom. The zero-order valence-electron chi connectivity index (χ0n) is 12.0. The van der Waals surface area contributed by atoms with Gasteiger partial charge >= 0.3 is 0 Å². The Hall–Kier alpha value is -0.390. The second kappa shape index (κ2) is 7.41. The minimum Gasteiger partial charge on any atom is -0.369 e. The molecule has 106 valence electrons. The Kier molecular flexibility index (Phi) is 5.85. The van der Waals surface area contributed by atoms with Crippen LogP contribution in [0.15, 0.2) is 0 Å². The Bertz CT molecular complexity index is 412. The maximum atomic E-state index is 4.79. The molecule has 0 saturated heterocycles. The first-order valence-corrected chi connectivity index (χ1v) is 8.58. The molecule has 1 N–H and O–H groups in total. The first kappa shape index (κ1) is 15.0. The van der Waals surface area contributed by atoms with Crippen LogP contribution in [0.4, 0.5) is 5.82 Å². The van der Waals surface area contributed by atoms with E-state index in [1.165, 1.54) is 44.9 Å². The minimum absolute atomic E-state index is 0.563. The Balaban J connectivity index is 2.22. The van der Waals surface area contributed by atoms with Crippen molar-refractivity contribution in [3.8, 4) is 0 Å². The molecule has 19 heavy (non-hydrogen) atoms. The summed E-state index contributed by atoms with van der Waals surface area (Å²) >= 11 is 2.34. The molecule has 2 rings (SSSR count). The molecule has 1 fully saturated rings. The molecule has 4 heteroatoms. The summed E-state index contributed by atoms with van der Waals surface area (Å²) in [5.74, 6) is 2.65. The molecule has 1 saturated carbocycles. The number of hydrogen-bond acceptors (Lipinski definition) is 3. The first-order chi connectivity index (χ1) is 9.22. The number of aromatic nitrogens is 2. The van der Waals surface area contributed by atoms with Gasteiger partial charge in [-0.2, -0.15) is 0 Å². The van der Waals surface area contributed by atoms with Gasteiger partial charge in [0.1, 0.15) is 11.6 Å². The Labute approximate surface area is 130 Å². The smallest absolute Gasteiger partial charge is 0.143 e.